The number of hydrogen-bond donors (Lipinski definition) is 1. The minimum atomic E-state index is -0.309. The van der Waals surface area contributed by atoms with Crippen LogP contribution in [0.1, 0.15) is 38.2 Å². The summed E-state index contributed by atoms with van der Waals surface area (Å²) in [5.74, 6) is -0.309. The molecular weight excluding hydrogens is 308 g/mol. The summed E-state index contributed by atoms with van der Waals surface area (Å²) in [4.78, 5) is 23.4. The van der Waals surface area contributed by atoms with Crippen molar-refractivity contribution in [2.24, 2.45) is 0 Å². The van der Waals surface area contributed by atoms with E-state index in [1.165, 1.54) is 31.2 Å². The lowest BCUT2D eigenvalue weighted by atomic mass is 10.1. The third-order valence-electron chi connectivity index (χ3n) is 4.03. The maximum absolute atomic E-state index is 11.7. The van der Waals surface area contributed by atoms with Gasteiger partial charge in [0.25, 0.3) is 11.1 Å². The third kappa shape index (κ3) is 3.50. The number of imide groups is 1. The fourth-order valence-corrected chi connectivity index (χ4v) is 3.51. The second kappa shape index (κ2) is 7.04. The molecule has 23 heavy (non-hydrogen) atoms. The second-order valence-corrected chi connectivity index (χ2v) is 6.72. The third-order valence-corrected chi connectivity index (χ3v) is 4.84. The fourth-order valence-electron chi connectivity index (χ4n) is 2.84. The normalized spacial score (nSPS) is 16.5. The molecule has 1 saturated heterocycles. The van der Waals surface area contributed by atoms with Gasteiger partial charge in [-0.2, -0.15) is 0 Å². The van der Waals surface area contributed by atoms with E-state index in [0.717, 1.165) is 29.3 Å². The highest BCUT2D eigenvalue weighted by molar-refractivity contribution is 8.18. The molecule has 0 saturated carbocycles. The van der Waals surface area contributed by atoms with E-state index < -0.39 is 0 Å². The van der Waals surface area contributed by atoms with Gasteiger partial charge in [-0.1, -0.05) is 38.3 Å². The van der Waals surface area contributed by atoms with Gasteiger partial charge in [-0.25, -0.2) is 0 Å². The van der Waals surface area contributed by atoms with Crippen molar-refractivity contribution in [3.05, 3.63) is 40.9 Å². The first-order valence-corrected chi connectivity index (χ1v) is 8.83. The molecule has 0 atom stereocenters. The molecule has 0 radical (unpaired) electrons. The lowest BCUT2D eigenvalue weighted by molar-refractivity contribution is -0.115. The van der Waals surface area contributed by atoms with Crippen LogP contribution in [0.15, 0.2) is 35.4 Å². The molecular formula is C18H20N2O2S. The Labute approximate surface area is 139 Å². The highest BCUT2D eigenvalue weighted by Crippen LogP contribution is 2.29. The quantitative estimate of drug-likeness (QED) is 0.625. The standard InChI is InChI=1S/C18H20N2O2S/c1-2-3-4-5-10-20-11-9-14-13(7-6-8-15(14)20)12-16-17(21)19-18(22)23-16/h6-9,11-12H,2-5,10H2,1H3,(H,19,21,22)/b16-12-. The Morgan fingerprint density at radius 1 is 1.17 bits per heavy atom. The van der Waals surface area contributed by atoms with Crippen LogP contribution >= 0.6 is 11.8 Å². The number of hydrogen-bond acceptors (Lipinski definition) is 3. The van der Waals surface area contributed by atoms with Gasteiger partial charge in [-0.15, -0.1) is 0 Å². The van der Waals surface area contributed by atoms with Gasteiger partial charge in [0.15, 0.2) is 0 Å². The number of thioether (sulfide) groups is 1. The number of aryl methyl sites for hydroxylation is 1. The Hall–Kier alpha value is -2.01. The first kappa shape index (κ1) is 15.9. The van der Waals surface area contributed by atoms with Gasteiger partial charge < -0.3 is 4.57 Å². The molecule has 2 aromatic rings. The molecule has 3 rings (SSSR count). The number of nitrogens with one attached hydrogen (secondary N) is 1. The molecule has 1 aromatic carbocycles. The minimum Gasteiger partial charge on any atom is -0.347 e. The van der Waals surface area contributed by atoms with Crippen molar-refractivity contribution in [1.82, 2.24) is 9.88 Å². The lowest BCUT2D eigenvalue weighted by Gasteiger charge is -2.06. The number of carbonyl (C=O) groups is 2. The Kier molecular flexibility index (Phi) is 4.86. The molecule has 5 heteroatoms. The number of carbonyl (C=O) groups excluding carboxylic acids is 2. The molecule has 0 spiro atoms. The first-order valence-electron chi connectivity index (χ1n) is 8.02. The van der Waals surface area contributed by atoms with Crippen molar-refractivity contribution >= 4 is 39.9 Å². The summed E-state index contributed by atoms with van der Waals surface area (Å²) in [6, 6.07) is 8.16. The Bertz CT molecular complexity index is 776. The molecule has 2 heterocycles. The molecule has 2 amide bonds. The van der Waals surface area contributed by atoms with Crippen molar-refractivity contribution in [2.75, 3.05) is 0 Å². The van der Waals surface area contributed by atoms with E-state index in [9.17, 15) is 9.59 Å². The summed E-state index contributed by atoms with van der Waals surface area (Å²) in [5.41, 5.74) is 2.15. The Morgan fingerprint density at radius 2 is 2.04 bits per heavy atom. The molecule has 4 nitrogen and oxygen atoms in total. The van der Waals surface area contributed by atoms with E-state index in [4.69, 9.17) is 0 Å². The van der Waals surface area contributed by atoms with Crippen LogP contribution in [0.2, 0.25) is 0 Å². The van der Waals surface area contributed by atoms with Crippen molar-refractivity contribution in [2.45, 2.75) is 39.2 Å². The molecule has 0 bridgehead atoms. The van der Waals surface area contributed by atoms with Crippen LogP contribution in [0.5, 0.6) is 0 Å². The molecule has 120 valence electrons. The summed E-state index contributed by atoms with van der Waals surface area (Å²) in [6.45, 7) is 3.23. The van der Waals surface area contributed by atoms with Gasteiger partial charge in [-0.05, 0) is 42.0 Å². The zero-order chi connectivity index (χ0) is 16.2. The second-order valence-electron chi connectivity index (χ2n) is 5.70. The lowest BCUT2D eigenvalue weighted by Crippen LogP contribution is -2.17. The zero-order valence-corrected chi connectivity index (χ0v) is 14.0. The van der Waals surface area contributed by atoms with Crippen molar-refractivity contribution in [1.29, 1.82) is 0 Å². The van der Waals surface area contributed by atoms with Crippen molar-refractivity contribution in [3.63, 3.8) is 0 Å². The summed E-state index contributed by atoms with van der Waals surface area (Å²) >= 11 is 0.958. The van der Waals surface area contributed by atoms with Gasteiger partial charge in [0.1, 0.15) is 0 Å². The first-order chi connectivity index (χ1) is 11.2. The maximum Gasteiger partial charge on any atom is 0.290 e. The van der Waals surface area contributed by atoms with E-state index in [0.29, 0.717) is 4.91 Å². The molecule has 1 aliphatic rings. The summed E-state index contributed by atoms with van der Waals surface area (Å²) in [6.07, 6.45) is 8.84. The summed E-state index contributed by atoms with van der Waals surface area (Å²) in [5, 5.41) is 3.10. The smallest absolute Gasteiger partial charge is 0.290 e. The number of amides is 2. The van der Waals surface area contributed by atoms with Gasteiger partial charge in [0.05, 0.1) is 4.91 Å². The van der Waals surface area contributed by atoms with Gasteiger partial charge in [-0.3, -0.25) is 14.9 Å². The van der Waals surface area contributed by atoms with Gasteiger partial charge in [0, 0.05) is 23.6 Å². The number of benzene rings is 1. The van der Waals surface area contributed by atoms with Gasteiger partial charge >= 0.3 is 0 Å². The predicted octanol–water partition coefficient (Wildman–Crippen LogP) is 4.55. The molecule has 1 N–H and O–H groups in total. The van der Waals surface area contributed by atoms with E-state index in [1.807, 2.05) is 12.1 Å². The number of aromatic nitrogens is 1. The number of unbranched alkanes of at least 4 members (excludes halogenated alkanes) is 3. The molecule has 1 aromatic heterocycles. The highest BCUT2D eigenvalue weighted by Gasteiger charge is 2.25. The van der Waals surface area contributed by atoms with Crippen molar-refractivity contribution in [3.8, 4) is 0 Å². The average molecular weight is 328 g/mol. The monoisotopic (exact) mass is 328 g/mol. The maximum atomic E-state index is 11.7. The van der Waals surface area contributed by atoms with Crippen LogP contribution in [-0.4, -0.2) is 15.7 Å². The zero-order valence-electron chi connectivity index (χ0n) is 13.2. The average Bonchev–Trinajstić information content (AvgIpc) is 3.08. The van der Waals surface area contributed by atoms with Crippen molar-refractivity contribution < 1.29 is 9.59 Å². The summed E-state index contributed by atoms with van der Waals surface area (Å²) in [7, 11) is 0. The van der Waals surface area contributed by atoms with Crippen LogP contribution in [0, 0.1) is 0 Å². The summed E-state index contributed by atoms with van der Waals surface area (Å²) < 4.78 is 2.26. The number of fused-ring (bicyclic) bond motifs is 1. The van der Waals surface area contributed by atoms with E-state index in [2.05, 4.69) is 35.1 Å². The Morgan fingerprint density at radius 3 is 2.78 bits per heavy atom. The number of nitrogens with zero attached hydrogens (tertiary/aromatic N) is 1. The SMILES string of the molecule is CCCCCCn1ccc2c(/C=C3\SC(=O)NC3=O)cccc21. The highest BCUT2D eigenvalue weighted by atomic mass is 32.2. The molecule has 1 aliphatic heterocycles. The minimum absolute atomic E-state index is 0.304. The topological polar surface area (TPSA) is 51.1 Å². The fraction of sp³-hybridized carbons (Fsp3) is 0.333. The van der Waals surface area contributed by atoms with Crippen LogP contribution < -0.4 is 5.32 Å². The van der Waals surface area contributed by atoms with E-state index in [-0.39, 0.29) is 11.1 Å². The van der Waals surface area contributed by atoms with Crippen LogP contribution in [0.25, 0.3) is 17.0 Å². The van der Waals surface area contributed by atoms with E-state index in [1.54, 1.807) is 6.08 Å². The predicted molar refractivity (Wildman–Crippen MR) is 95.2 cm³/mol. The molecule has 1 fully saturated rings. The Balaban J connectivity index is 1.85. The van der Waals surface area contributed by atoms with Crippen LogP contribution in [0.4, 0.5) is 4.79 Å². The van der Waals surface area contributed by atoms with E-state index >= 15 is 0 Å². The van der Waals surface area contributed by atoms with Crippen LogP contribution in [-0.2, 0) is 11.3 Å². The molecule has 0 unspecified atom stereocenters. The molecule has 0 aliphatic carbocycles. The van der Waals surface area contributed by atoms with Crippen LogP contribution in [0.3, 0.4) is 0 Å². The largest absolute Gasteiger partial charge is 0.347 e. The number of rotatable bonds is 6. The van der Waals surface area contributed by atoms with Gasteiger partial charge in [0.2, 0.25) is 0 Å².